The van der Waals surface area contributed by atoms with Crippen molar-refractivity contribution in [3.8, 4) is 0 Å². The van der Waals surface area contributed by atoms with Crippen LogP contribution in [0.15, 0.2) is 29.6 Å². The zero-order valence-corrected chi connectivity index (χ0v) is 12.9. The molecule has 7 heteroatoms. The normalized spacial score (nSPS) is 13.0. The van der Waals surface area contributed by atoms with Crippen LogP contribution in [0.3, 0.4) is 0 Å². The van der Waals surface area contributed by atoms with Crippen molar-refractivity contribution in [1.82, 2.24) is 4.98 Å². The molecule has 3 nitrogen and oxygen atoms in total. The van der Waals surface area contributed by atoms with Crippen LogP contribution in [0.4, 0.5) is 18.3 Å². The number of hydrogen-bond donors (Lipinski definition) is 1. The highest BCUT2D eigenvalue weighted by Crippen LogP contribution is 2.30. The Morgan fingerprint density at radius 2 is 1.95 bits per heavy atom. The number of nitrogens with zero attached hydrogens (tertiary/aromatic N) is 1. The molecule has 2 aromatic rings. The fourth-order valence-electron chi connectivity index (χ4n) is 1.98. The predicted molar refractivity (Wildman–Crippen MR) is 80.0 cm³/mol. The van der Waals surface area contributed by atoms with Gasteiger partial charge in [-0.15, -0.1) is 11.3 Å². The van der Waals surface area contributed by atoms with Gasteiger partial charge >= 0.3 is 6.18 Å². The van der Waals surface area contributed by atoms with E-state index in [1.165, 1.54) is 23.5 Å². The zero-order valence-electron chi connectivity index (χ0n) is 12.1. The molecule has 1 atom stereocenters. The second-order valence-corrected chi connectivity index (χ2v) is 5.93. The fraction of sp³-hybridized carbons (Fsp3) is 0.333. The highest BCUT2D eigenvalue weighted by molar-refractivity contribution is 7.13. The lowest BCUT2D eigenvalue weighted by molar-refractivity contribution is -0.137. The molecule has 0 saturated heterocycles. The smallest absolute Gasteiger partial charge is 0.302 e. The summed E-state index contributed by atoms with van der Waals surface area (Å²) in [6.45, 7) is 3.63. The van der Waals surface area contributed by atoms with Gasteiger partial charge in [0.25, 0.3) is 0 Å². The van der Waals surface area contributed by atoms with Gasteiger partial charge in [-0.1, -0.05) is 19.1 Å². The third-order valence-corrected chi connectivity index (χ3v) is 4.04. The van der Waals surface area contributed by atoms with E-state index >= 15 is 0 Å². The fourth-order valence-corrected chi connectivity index (χ4v) is 2.68. The van der Waals surface area contributed by atoms with Gasteiger partial charge in [0, 0.05) is 11.8 Å². The van der Waals surface area contributed by atoms with Crippen LogP contribution in [-0.4, -0.2) is 10.9 Å². The third-order valence-electron chi connectivity index (χ3n) is 3.16. The Morgan fingerprint density at radius 1 is 1.32 bits per heavy atom. The molecule has 1 heterocycles. The summed E-state index contributed by atoms with van der Waals surface area (Å²) in [5.41, 5.74) is 0.834. The quantitative estimate of drug-likeness (QED) is 0.891. The van der Waals surface area contributed by atoms with Crippen LogP contribution >= 0.6 is 11.3 Å². The third kappa shape index (κ3) is 4.30. The number of aryl methyl sites for hydroxylation is 1. The summed E-state index contributed by atoms with van der Waals surface area (Å²) in [5, 5.41) is 5.05. The van der Waals surface area contributed by atoms with Crippen molar-refractivity contribution in [1.29, 1.82) is 0 Å². The van der Waals surface area contributed by atoms with Gasteiger partial charge in [-0.3, -0.25) is 4.79 Å². The second-order valence-electron chi connectivity index (χ2n) is 5.07. The molecule has 1 unspecified atom stereocenters. The van der Waals surface area contributed by atoms with Crippen molar-refractivity contribution in [2.24, 2.45) is 0 Å². The van der Waals surface area contributed by atoms with E-state index in [2.05, 4.69) is 10.3 Å². The molecule has 2 rings (SSSR count). The van der Waals surface area contributed by atoms with Gasteiger partial charge in [0.2, 0.25) is 5.91 Å². The topological polar surface area (TPSA) is 42.0 Å². The molecular formula is C15H15F3N2OS. The maximum Gasteiger partial charge on any atom is 0.416 e. The minimum absolute atomic E-state index is 0.177. The van der Waals surface area contributed by atoms with Gasteiger partial charge in [0.1, 0.15) is 0 Å². The Bertz CT molecular complexity index is 650. The second kappa shape index (κ2) is 6.48. The average molecular weight is 328 g/mol. The molecule has 22 heavy (non-hydrogen) atoms. The Balaban J connectivity index is 1.96. The summed E-state index contributed by atoms with van der Waals surface area (Å²) in [6, 6.07) is 4.89. The van der Waals surface area contributed by atoms with Gasteiger partial charge in [-0.2, -0.15) is 13.2 Å². The molecule has 0 radical (unpaired) electrons. The first kappa shape index (κ1) is 16.5. The number of halogens is 3. The van der Waals surface area contributed by atoms with Gasteiger partial charge in [-0.05, 0) is 30.5 Å². The Labute approximate surface area is 130 Å². The van der Waals surface area contributed by atoms with E-state index in [0.717, 1.165) is 17.8 Å². The maximum atomic E-state index is 12.5. The summed E-state index contributed by atoms with van der Waals surface area (Å²) < 4.78 is 37.5. The lowest BCUT2D eigenvalue weighted by atomic mass is 9.96. The summed E-state index contributed by atoms with van der Waals surface area (Å²) in [5.74, 6) is -0.384. The van der Waals surface area contributed by atoms with Crippen LogP contribution in [0.5, 0.6) is 0 Å². The van der Waals surface area contributed by atoms with Crippen molar-refractivity contribution in [2.45, 2.75) is 32.4 Å². The molecule has 1 aromatic heterocycles. The molecule has 0 saturated carbocycles. The minimum Gasteiger partial charge on any atom is -0.302 e. The summed E-state index contributed by atoms with van der Waals surface area (Å²) >= 11 is 1.34. The van der Waals surface area contributed by atoms with Crippen molar-refractivity contribution in [3.63, 3.8) is 0 Å². The largest absolute Gasteiger partial charge is 0.416 e. The molecule has 1 N–H and O–H groups in total. The molecule has 0 spiro atoms. The molecule has 118 valence electrons. The number of aromatic nitrogens is 1. The molecule has 1 amide bonds. The molecule has 0 aliphatic rings. The minimum atomic E-state index is -4.35. The van der Waals surface area contributed by atoms with Crippen LogP contribution in [0.1, 0.15) is 36.1 Å². The van der Waals surface area contributed by atoms with Crippen molar-refractivity contribution < 1.29 is 18.0 Å². The van der Waals surface area contributed by atoms with E-state index in [9.17, 15) is 18.0 Å². The number of carbonyl (C=O) groups is 1. The Kier molecular flexibility index (Phi) is 4.85. The highest BCUT2D eigenvalue weighted by atomic mass is 32.1. The lowest BCUT2D eigenvalue weighted by Gasteiger charge is -2.13. The zero-order chi connectivity index (χ0) is 16.3. The average Bonchev–Trinajstić information content (AvgIpc) is 2.83. The van der Waals surface area contributed by atoms with Gasteiger partial charge in [0.05, 0.1) is 11.3 Å². The van der Waals surface area contributed by atoms with Crippen molar-refractivity contribution in [3.05, 3.63) is 46.5 Å². The Hall–Kier alpha value is -1.89. The van der Waals surface area contributed by atoms with Crippen LogP contribution in [0, 0.1) is 6.92 Å². The first-order valence-electron chi connectivity index (χ1n) is 6.65. The number of benzene rings is 1. The number of carbonyl (C=O) groups excluding carboxylic acids is 1. The monoisotopic (exact) mass is 328 g/mol. The number of amides is 1. The van der Waals surface area contributed by atoms with Crippen LogP contribution in [0.2, 0.25) is 0 Å². The number of nitrogens with one attached hydrogen (secondary N) is 1. The summed E-state index contributed by atoms with van der Waals surface area (Å²) in [4.78, 5) is 16.0. The molecule has 0 aliphatic carbocycles. The van der Waals surface area contributed by atoms with Crippen molar-refractivity contribution >= 4 is 22.4 Å². The standard InChI is InChI=1S/C15H15F3N2OS/c1-9(7-13(21)20-14-19-10(2)8-22-14)11-3-5-12(6-4-11)15(16,17)18/h3-6,8-9H,7H2,1-2H3,(H,19,20,21). The number of anilines is 1. The first-order valence-corrected chi connectivity index (χ1v) is 7.53. The van der Waals surface area contributed by atoms with E-state index in [1.807, 2.05) is 12.3 Å². The number of thiazole rings is 1. The van der Waals surface area contributed by atoms with Crippen LogP contribution in [-0.2, 0) is 11.0 Å². The predicted octanol–water partition coefficient (Wildman–Crippen LogP) is 4.60. The van der Waals surface area contributed by atoms with E-state index in [-0.39, 0.29) is 18.2 Å². The van der Waals surface area contributed by atoms with Gasteiger partial charge < -0.3 is 5.32 Å². The Morgan fingerprint density at radius 3 is 2.45 bits per heavy atom. The van der Waals surface area contributed by atoms with Crippen LogP contribution in [0.25, 0.3) is 0 Å². The molecule has 1 aromatic carbocycles. The number of alkyl halides is 3. The van der Waals surface area contributed by atoms with Gasteiger partial charge in [0.15, 0.2) is 5.13 Å². The van der Waals surface area contributed by atoms with Gasteiger partial charge in [-0.25, -0.2) is 4.98 Å². The molecule has 0 bridgehead atoms. The molecule has 0 fully saturated rings. The van der Waals surface area contributed by atoms with Crippen molar-refractivity contribution in [2.75, 3.05) is 5.32 Å². The van der Waals surface area contributed by atoms with Crippen LogP contribution < -0.4 is 5.32 Å². The SMILES string of the molecule is Cc1csc(NC(=O)CC(C)c2ccc(C(F)(F)F)cc2)n1. The lowest BCUT2D eigenvalue weighted by Crippen LogP contribution is -2.14. The first-order chi connectivity index (χ1) is 10.3. The number of rotatable bonds is 4. The van der Waals surface area contributed by atoms with E-state index in [0.29, 0.717) is 10.7 Å². The molecular weight excluding hydrogens is 313 g/mol. The van der Waals surface area contributed by atoms with E-state index in [4.69, 9.17) is 0 Å². The molecule has 0 aliphatic heterocycles. The maximum absolute atomic E-state index is 12.5. The summed E-state index contributed by atoms with van der Waals surface area (Å²) in [7, 11) is 0. The van der Waals surface area contributed by atoms with E-state index < -0.39 is 11.7 Å². The highest BCUT2D eigenvalue weighted by Gasteiger charge is 2.30. The number of hydrogen-bond acceptors (Lipinski definition) is 3. The summed E-state index contributed by atoms with van der Waals surface area (Å²) in [6.07, 6.45) is -4.16. The van der Waals surface area contributed by atoms with E-state index in [1.54, 1.807) is 6.92 Å².